The molecule has 1 heterocycles. The monoisotopic (exact) mass is 370 g/mol. The Hall–Kier alpha value is -2.63. The third-order valence-electron chi connectivity index (χ3n) is 5.08. The molecule has 6 heteroatoms. The molecule has 1 saturated heterocycles. The highest BCUT2D eigenvalue weighted by atomic mass is 16.5. The standard InChI is InChI=1S/C21H26N2O4/c1-3-27-21(26)16-5-4-12-23(13-16)18-17(19(24)20(18)25)22-11-10-15-8-6-14(2)7-9-15/h6-9,16,22H,3-5,10-13H2,1-2H3/t16-/m0/s1. The second-order valence-corrected chi connectivity index (χ2v) is 7.08. The van der Waals surface area contributed by atoms with Gasteiger partial charge in [0.25, 0.3) is 10.9 Å². The van der Waals surface area contributed by atoms with E-state index >= 15 is 0 Å². The summed E-state index contributed by atoms with van der Waals surface area (Å²) in [4.78, 5) is 38.1. The number of carbonyl (C=O) groups is 1. The molecule has 2 aromatic rings. The summed E-state index contributed by atoms with van der Waals surface area (Å²) in [6.07, 6.45) is 2.32. The van der Waals surface area contributed by atoms with Crippen molar-refractivity contribution in [3.8, 4) is 0 Å². The lowest BCUT2D eigenvalue weighted by Gasteiger charge is -2.34. The first-order valence-electron chi connectivity index (χ1n) is 9.55. The van der Waals surface area contributed by atoms with Gasteiger partial charge in [-0.1, -0.05) is 29.8 Å². The summed E-state index contributed by atoms with van der Waals surface area (Å²) in [6.45, 7) is 5.85. The highest BCUT2D eigenvalue weighted by Gasteiger charge is 2.32. The molecule has 0 spiro atoms. The highest BCUT2D eigenvalue weighted by Crippen LogP contribution is 2.27. The average Bonchev–Trinajstić information content (AvgIpc) is 2.68. The molecule has 0 aliphatic carbocycles. The first kappa shape index (κ1) is 19.1. The maximum absolute atomic E-state index is 12.1. The van der Waals surface area contributed by atoms with Gasteiger partial charge in [0.15, 0.2) is 0 Å². The number of ether oxygens (including phenoxy) is 1. The summed E-state index contributed by atoms with van der Waals surface area (Å²) in [6, 6.07) is 8.24. The molecule has 6 nitrogen and oxygen atoms in total. The summed E-state index contributed by atoms with van der Waals surface area (Å²) in [7, 11) is 0. The molecule has 0 aromatic heterocycles. The number of carbonyl (C=O) groups excluding carboxylic acids is 1. The van der Waals surface area contributed by atoms with Crippen molar-refractivity contribution in [3.05, 3.63) is 55.8 Å². The van der Waals surface area contributed by atoms with Crippen LogP contribution in [0, 0.1) is 12.8 Å². The molecule has 0 saturated carbocycles. The molecule has 1 atom stereocenters. The molecule has 0 radical (unpaired) electrons. The van der Waals surface area contributed by atoms with Crippen LogP contribution in [0.25, 0.3) is 0 Å². The van der Waals surface area contributed by atoms with Crippen LogP contribution in [0.4, 0.5) is 11.4 Å². The lowest BCUT2D eigenvalue weighted by molar-refractivity contribution is -0.148. The van der Waals surface area contributed by atoms with E-state index in [-0.39, 0.29) is 11.9 Å². The molecule has 1 N–H and O–H groups in total. The van der Waals surface area contributed by atoms with Crippen molar-refractivity contribution in [2.45, 2.75) is 33.1 Å². The fraction of sp³-hybridized carbons (Fsp3) is 0.476. The Morgan fingerprint density at radius 1 is 1.22 bits per heavy atom. The van der Waals surface area contributed by atoms with Crippen LogP contribution >= 0.6 is 0 Å². The quantitative estimate of drug-likeness (QED) is 0.594. The second-order valence-electron chi connectivity index (χ2n) is 7.08. The Kier molecular flexibility index (Phi) is 5.94. The lowest BCUT2D eigenvalue weighted by Crippen LogP contribution is -2.47. The molecule has 1 fully saturated rings. The number of rotatable bonds is 7. The number of esters is 1. The predicted octanol–water partition coefficient (Wildman–Crippen LogP) is 2.03. The summed E-state index contributed by atoms with van der Waals surface area (Å²) >= 11 is 0. The van der Waals surface area contributed by atoms with E-state index in [1.54, 1.807) is 6.92 Å². The van der Waals surface area contributed by atoms with Crippen molar-refractivity contribution in [2.24, 2.45) is 5.92 Å². The van der Waals surface area contributed by atoms with E-state index in [9.17, 15) is 14.4 Å². The molecular weight excluding hydrogens is 344 g/mol. The molecule has 2 aromatic carbocycles. The van der Waals surface area contributed by atoms with E-state index in [2.05, 4.69) is 29.6 Å². The molecule has 1 aliphatic heterocycles. The van der Waals surface area contributed by atoms with E-state index in [0.29, 0.717) is 37.6 Å². The molecule has 3 rings (SSSR count). The van der Waals surface area contributed by atoms with Crippen LogP contribution in [-0.4, -0.2) is 32.2 Å². The summed E-state index contributed by atoms with van der Waals surface area (Å²) in [5.74, 6) is -0.474. The Morgan fingerprint density at radius 3 is 2.67 bits per heavy atom. The Labute approximate surface area is 158 Å². The predicted molar refractivity (Wildman–Crippen MR) is 106 cm³/mol. The van der Waals surface area contributed by atoms with Crippen molar-refractivity contribution in [1.29, 1.82) is 0 Å². The molecule has 0 bridgehead atoms. The minimum Gasteiger partial charge on any atom is -0.466 e. The molecule has 0 amide bonds. The largest absolute Gasteiger partial charge is 0.466 e. The van der Waals surface area contributed by atoms with Crippen LogP contribution in [0.2, 0.25) is 0 Å². The number of hydrogen-bond acceptors (Lipinski definition) is 6. The zero-order valence-electron chi connectivity index (χ0n) is 15.9. The number of aryl methyl sites for hydroxylation is 1. The maximum atomic E-state index is 12.1. The van der Waals surface area contributed by atoms with Gasteiger partial charge in [-0.05, 0) is 38.7 Å². The molecule has 0 unspecified atom stereocenters. The maximum Gasteiger partial charge on any atom is 0.310 e. The topological polar surface area (TPSA) is 75.7 Å². The molecule has 27 heavy (non-hydrogen) atoms. The molecular formula is C21H26N2O4. The van der Waals surface area contributed by atoms with E-state index < -0.39 is 10.9 Å². The van der Waals surface area contributed by atoms with Gasteiger partial charge in [-0.15, -0.1) is 0 Å². The Bertz CT molecular complexity index is 865. The average molecular weight is 370 g/mol. The van der Waals surface area contributed by atoms with Crippen molar-refractivity contribution < 1.29 is 9.53 Å². The summed E-state index contributed by atoms with van der Waals surface area (Å²) in [5.41, 5.74) is 2.27. The summed E-state index contributed by atoms with van der Waals surface area (Å²) < 4.78 is 5.11. The van der Waals surface area contributed by atoms with E-state index in [0.717, 1.165) is 19.3 Å². The van der Waals surface area contributed by atoms with Gasteiger partial charge in [0.1, 0.15) is 11.4 Å². The SMILES string of the molecule is CCOC(=O)[C@H]1CCCN(c2c(NCCc3ccc(C)cc3)c(=O)c2=O)C1. The van der Waals surface area contributed by atoms with Gasteiger partial charge in [-0.3, -0.25) is 14.4 Å². The van der Waals surface area contributed by atoms with Crippen molar-refractivity contribution in [1.82, 2.24) is 0 Å². The van der Waals surface area contributed by atoms with Gasteiger partial charge in [0.2, 0.25) is 0 Å². The first-order chi connectivity index (χ1) is 13.0. The Morgan fingerprint density at radius 2 is 1.96 bits per heavy atom. The normalized spacial score (nSPS) is 17.1. The zero-order valence-corrected chi connectivity index (χ0v) is 15.9. The zero-order chi connectivity index (χ0) is 19.4. The highest BCUT2D eigenvalue weighted by molar-refractivity contribution is 5.78. The van der Waals surface area contributed by atoms with Crippen LogP contribution < -0.4 is 21.1 Å². The first-order valence-corrected chi connectivity index (χ1v) is 9.55. The number of hydrogen-bond donors (Lipinski definition) is 1. The van der Waals surface area contributed by atoms with E-state index in [1.165, 1.54) is 11.1 Å². The number of nitrogens with one attached hydrogen (secondary N) is 1. The fourth-order valence-corrected chi connectivity index (χ4v) is 3.56. The number of nitrogens with zero attached hydrogens (tertiary/aromatic N) is 1. The van der Waals surface area contributed by atoms with Crippen LogP contribution in [-0.2, 0) is 16.0 Å². The van der Waals surface area contributed by atoms with Crippen LogP contribution in [0.15, 0.2) is 33.9 Å². The minimum atomic E-state index is -0.466. The van der Waals surface area contributed by atoms with Gasteiger partial charge in [0, 0.05) is 19.6 Å². The number of piperidine rings is 1. The third-order valence-corrected chi connectivity index (χ3v) is 5.08. The second kappa shape index (κ2) is 8.37. The van der Waals surface area contributed by atoms with Gasteiger partial charge < -0.3 is 15.0 Å². The number of anilines is 2. The van der Waals surface area contributed by atoms with Crippen molar-refractivity contribution >= 4 is 17.3 Å². The van der Waals surface area contributed by atoms with Gasteiger partial charge in [0.05, 0.1) is 12.5 Å². The fourth-order valence-electron chi connectivity index (χ4n) is 3.56. The summed E-state index contributed by atoms with van der Waals surface area (Å²) in [5, 5.41) is 3.13. The van der Waals surface area contributed by atoms with Crippen LogP contribution in [0.3, 0.4) is 0 Å². The smallest absolute Gasteiger partial charge is 0.310 e. The lowest BCUT2D eigenvalue weighted by atomic mass is 9.96. The van der Waals surface area contributed by atoms with Gasteiger partial charge >= 0.3 is 5.97 Å². The van der Waals surface area contributed by atoms with Crippen LogP contribution in [0.5, 0.6) is 0 Å². The van der Waals surface area contributed by atoms with Gasteiger partial charge in [-0.2, -0.15) is 0 Å². The molecule has 144 valence electrons. The van der Waals surface area contributed by atoms with Crippen LogP contribution in [0.1, 0.15) is 30.9 Å². The third kappa shape index (κ3) is 4.21. The number of benzene rings is 1. The van der Waals surface area contributed by atoms with E-state index in [4.69, 9.17) is 4.74 Å². The minimum absolute atomic E-state index is 0.227. The van der Waals surface area contributed by atoms with Gasteiger partial charge in [-0.25, -0.2) is 0 Å². The van der Waals surface area contributed by atoms with Crippen molar-refractivity contribution in [3.63, 3.8) is 0 Å². The van der Waals surface area contributed by atoms with Crippen molar-refractivity contribution in [2.75, 3.05) is 36.5 Å². The Balaban J connectivity index is 1.64. The van der Waals surface area contributed by atoms with E-state index in [1.807, 2.05) is 11.8 Å². The molecule has 1 aliphatic rings.